The van der Waals surface area contributed by atoms with Gasteiger partial charge in [0.15, 0.2) is 5.11 Å². The van der Waals surface area contributed by atoms with Gasteiger partial charge in [-0.25, -0.2) is 9.24 Å². The Labute approximate surface area is 228 Å². The van der Waals surface area contributed by atoms with Crippen molar-refractivity contribution in [2.24, 2.45) is 0 Å². The van der Waals surface area contributed by atoms with E-state index in [-0.39, 0.29) is 39.7 Å². The molecule has 1 aliphatic rings. The standard InChI is InChI=1S/C28H21ClFN5O2S/c1-28(2)26(37)34(19-7-9-24(31-3)21(29)13-19)27(38)35(28)20-6-4-18(22(30)14-20)15-33-25(36)17-5-8-23-16(12-17)10-11-32-23/h4-14,32H,15H2,1-2H3,(H,33,36). The second kappa shape index (κ2) is 9.56. The third-order valence-electron chi connectivity index (χ3n) is 6.53. The third-order valence-corrected chi connectivity index (χ3v) is 7.20. The topological polar surface area (TPSA) is 72.8 Å². The molecule has 0 atom stereocenters. The normalized spacial score (nSPS) is 14.7. The first-order valence-corrected chi connectivity index (χ1v) is 12.4. The molecule has 2 heterocycles. The largest absolute Gasteiger partial charge is 0.361 e. The summed E-state index contributed by atoms with van der Waals surface area (Å²) >= 11 is 11.8. The molecule has 38 heavy (non-hydrogen) atoms. The zero-order chi connectivity index (χ0) is 27.2. The highest BCUT2D eigenvalue weighted by Gasteiger charge is 2.50. The molecule has 1 saturated heterocycles. The number of rotatable bonds is 5. The maximum Gasteiger partial charge on any atom is 0.259 e. The SMILES string of the molecule is [C-]#[N+]c1ccc(N2C(=O)C(C)(C)N(c3ccc(CNC(=O)c4ccc5[nH]ccc5c4)c(F)c3)C2=S)cc1Cl. The predicted molar refractivity (Wildman–Crippen MR) is 150 cm³/mol. The molecule has 7 nitrogen and oxygen atoms in total. The average molecular weight is 546 g/mol. The highest BCUT2D eigenvalue weighted by atomic mass is 35.5. The Morgan fingerprint density at radius 1 is 1.13 bits per heavy atom. The number of nitrogens with zero attached hydrogens (tertiary/aromatic N) is 3. The van der Waals surface area contributed by atoms with E-state index in [0.29, 0.717) is 16.9 Å². The summed E-state index contributed by atoms with van der Waals surface area (Å²) in [6.07, 6.45) is 1.80. The number of fused-ring (bicyclic) bond motifs is 1. The van der Waals surface area contributed by atoms with Crippen LogP contribution in [0.4, 0.5) is 21.5 Å². The van der Waals surface area contributed by atoms with Gasteiger partial charge in [0.2, 0.25) is 5.69 Å². The number of aromatic nitrogens is 1. The maximum atomic E-state index is 15.2. The Hall–Kier alpha value is -4.26. The molecule has 1 aromatic heterocycles. The van der Waals surface area contributed by atoms with Crippen LogP contribution in [0.3, 0.4) is 0 Å². The first kappa shape index (κ1) is 25.4. The van der Waals surface area contributed by atoms with E-state index in [2.05, 4.69) is 15.1 Å². The van der Waals surface area contributed by atoms with E-state index in [1.54, 1.807) is 55.3 Å². The van der Waals surface area contributed by atoms with Gasteiger partial charge in [-0.3, -0.25) is 14.5 Å². The van der Waals surface area contributed by atoms with Gasteiger partial charge in [0.25, 0.3) is 11.8 Å². The fourth-order valence-corrected chi connectivity index (χ4v) is 5.21. The highest BCUT2D eigenvalue weighted by Crippen LogP contribution is 2.39. The van der Waals surface area contributed by atoms with Crippen molar-refractivity contribution in [2.75, 3.05) is 9.80 Å². The van der Waals surface area contributed by atoms with Crippen molar-refractivity contribution in [3.8, 4) is 0 Å². The molecule has 0 unspecified atom stereocenters. The molecule has 190 valence electrons. The van der Waals surface area contributed by atoms with E-state index < -0.39 is 11.4 Å². The number of nitrogens with one attached hydrogen (secondary N) is 2. The number of benzene rings is 3. The van der Waals surface area contributed by atoms with Gasteiger partial charge in [0.05, 0.1) is 12.3 Å². The second-order valence-corrected chi connectivity index (χ2v) is 10.1. The van der Waals surface area contributed by atoms with Crippen LogP contribution in [0.2, 0.25) is 5.02 Å². The summed E-state index contributed by atoms with van der Waals surface area (Å²) in [5, 5.41) is 4.02. The second-order valence-electron chi connectivity index (χ2n) is 9.30. The van der Waals surface area contributed by atoms with Crippen LogP contribution in [0.1, 0.15) is 29.8 Å². The Morgan fingerprint density at radius 2 is 1.89 bits per heavy atom. The number of carbonyl (C=O) groups excluding carboxylic acids is 2. The third kappa shape index (κ3) is 4.28. The Balaban J connectivity index is 1.36. The minimum atomic E-state index is -1.11. The summed E-state index contributed by atoms with van der Waals surface area (Å²) < 4.78 is 15.2. The van der Waals surface area contributed by atoms with Crippen molar-refractivity contribution in [1.29, 1.82) is 0 Å². The molecule has 1 aliphatic heterocycles. The van der Waals surface area contributed by atoms with Crippen LogP contribution in [0, 0.1) is 12.4 Å². The Morgan fingerprint density at radius 3 is 2.61 bits per heavy atom. The number of aromatic amines is 1. The average Bonchev–Trinajstić information content (AvgIpc) is 3.42. The van der Waals surface area contributed by atoms with Crippen LogP contribution >= 0.6 is 23.8 Å². The van der Waals surface area contributed by atoms with Gasteiger partial charge in [0, 0.05) is 45.5 Å². The zero-order valence-corrected chi connectivity index (χ0v) is 22.0. The van der Waals surface area contributed by atoms with Gasteiger partial charge in [-0.2, -0.15) is 0 Å². The van der Waals surface area contributed by atoms with E-state index in [1.165, 1.54) is 23.1 Å². The number of hydrogen-bond acceptors (Lipinski definition) is 3. The molecule has 4 aromatic rings. The van der Waals surface area contributed by atoms with E-state index >= 15 is 4.39 Å². The summed E-state index contributed by atoms with van der Waals surface area (Å²) in [7, 11) is 0. The minimum absolute atomic E-state index is 0.0130. The molecule has 0 radical (unpaired) electrons. The van der Waals surface area contributed by atoms with E-state index in [4.69, 9.17) is 30.4 Å². The molecule has 0 bridgehead atoms. The number of hydrogen-bond donors (Lipinski definition) is 2. The lowest BCUT2D eigenvalue weighted by Gasteiger charge is -2.29. The molecular weight excluding hydrogens is 525 g/mol. The minimum Gasteiger partial charge on any atom is -0.361 e. The van der Waals surface area contributed by atoms with E-state index in [9.17, 15) is 9.59 Å². The number of amides is 2. The fraction of sp³-hybridized carbons (Fsp3) is 0.143. The summed E-state index contributed by atoms with van der Waals surface area (Å²) in [5.41, 5.74) is 1.65. The van der Waals surface area contributed by atoms with Crippen molar-refractivity contribution < 1.29 is 14.0 Å². The Kier molecular flexibility index (Phi) is 6.39. The van der Waals surface area contributed by atoms with Crippen molar-refractivity contribution in [2.45, 2.75) is 25.9 Å². The lowest BCUT2D eigenvalue weighted by Crippen LogP contribution is -2.44. The van der Waals surface area contributed by atoms with Crippen molar-refractivity contribution in [1.82, 2.24) is 10.3 Å². The first-order chi connectivity index (χ1) is 18.1. The van der Waals surface area contributed by atoms with Gasteiger partial charge in [-0.15, -0.1) is 0 Å². The molecular formula is C28H21ClFN5O2S. The number of anilines is 2. The lowest BCUT2D eigenvalue weighted by molar-refractivity contribution is -0.120. The van der Waals surface area contributed by atoms with Crippen molar-refractivity contribution >= 4 is 68.7 Å². The molecule has 2 N–H and O–H groups in total. The molecule has 5 rings (SSSR count). The van der Waals surface area contributed by atoms with Gasteiger partial charge in [-0.1, -0.05) is 23.7 Å². The maximum absolute atomic E-state index is 15.2. The molecule has 1 fully saturated rings. The van der Waals surface area contributed by atoms with Crippen LogP contribution in [-0.2, 0) is 11.3 Å². The predicted octanol–water partition coefficient (Wildman–Crippen LogP) is 6.36. The highest BCUT2D eigenvalue weighted by molar-refractivity contribution is 7.81. The van der Waals surface area contributed by atoms with Gasteiger partial charge in [0.1, 0.15) is 11.4 Å². The molecule has 0 spiro atoms. The Bertz CT molecular complexity index is 1680. The fourth-order valence-electron chi connectivity index (χ4n) is 4.47. The number of H-pyrrole nitrogens is 1. The number of carbonyl (C=O) groups is 2. The molecule has 0 saturated carbocycles. The summed E-state index contributed by atoms with van der Waals surface area (Å²) in [6.45, 7) is 10.6. The van der Waals surface area contributed by atoms with Crippen LogP contribution in [0.15, 0.2) is 66.9 Å². The van der Waals surface area contributed by atoms with Crippen LogP contribution in [0.25, 0.3) is 15.7 Å². The van der Waals surface area contributed by atoms with E-state index in [1.807, 2.05) is 12.1 Å². The van der Waals surface area contributed by atoms with Gasteiger partial charge >= 0.3 is 0 Å². The van der Waals surface area contributed by atoms with Crippen molar-refractivity contribution in [3.05, 3.63) is 100 Å². The molecule has 2 amide bonds. The van der Waals surface area contributed by atoms with E-state index in [0.717, 1.165) is 10.9 Å². The first-order valence-electron chi connectivity index (χ1n) is 11.6. The van der Waals surface area contributed by atoms with Gasteiger partial charge < -0.3 is 15.2 Å². The number of thiocarbonyl (C=S) groups is 1. The summed E-state index contributed by atoms with van der Waals surface area (Å²) in [4.78, 5) is 35.3. The summed E-state index contributed by atoms with van der Waals surface area (Å²) in [6, 6.07) is 16.3. The smallest absolute Gasteiger partial charge is 0.259 e. The monoisotopic (exact) mass is 545 g/mol. The summed E-state index contributed by atoms with van der Waals surface area (Å²) in [5.74, 6) is -1.18. The van der Waals surface area contributed by atoms with Crippen molar-refractivity contribution in [3.63, 3.8) is 0 Å². The quantitative estimate of drug-likeness (QED) is 0.226. The molecule has 0 aliphatic carbocycles. The van der Waals surface area contributed by atoms with Crippen LogP contribution in [-0.4, -0.2) is 27.4 Å². The lowest BCUT2D eigenvalue weighted by atomic mass is 10.0. The zero-order valence-electron chi connectivity index (χ0n) is 20.4. The molecule has 10 heteroatoms. The van der Waals surface area contributed by atoms with Crippen LogP contribution < -0.4 is 15.1 Å². The molecule has 3 aromatic carbocycles. The van der Waals surface area contributed by atoms with Crippen LogP contribution in [0.5, 0.6) is 0 Å². The number of halogens is 2. The van der Waals surface area contributed by atoms with Gasteiger partial charge in [-0.05, 0) is 74.6 Å².